The first-order chi connectivity index (χ1) is 8.03. The summed E-state index contributed by atoms with van der Waals surface area (Å²) in [5.74, 6) is -1.62. The number of carbonyl (C=O) groups is 1. The van der Waals surface area contributed by atoms with Gasteiger partial charge in [0.05, 0.1) is 12.6 Å². The van der Waals surface area contributed by atoms with Crippen LogP contribution in [0.3, 0.4) is 0 Å². The first-order valence-corrected chi connectivity index (χ1v) is 6.45. The lowest BCUT2D eigenvalue weighted by Crippen LogP contribution is -2.46. The summed E-state index contributed by atoms with van der Waals surface area (Å²) < 4.78 is 26.0. The molecule has 3 nitrogen and oxygen atoms in total. The maximum Gasteiger partial charge on any atom is 0.262 e. The molecule has 0 aromatic carbocycles. The van der Waals surface area contributed by atoms with E-state index in [1.807, 2.05) is 0 Å². The van der Waals surface area contributed by atoms with Gasteiger partial charge in [-0.25, -0.2) is 8.78 Å². The summed E-state index contributed by atoms with van der Waals surface area (Å²) in [7, 11) is 0. The van der Waals surface area contributed by atoms with Gasteiger partial charge < -0.3 is 5.32 Å². The van der Waals surface area contributed by atoms with Crippen LogP contribution in [-0.4, -0.2) is 30.5 Å². The van der Waals surface area contributed by atoms with E-state index >= 15 is 0 Å². The van der Waals surface area contributed by atoms with E-state index in [0.717, 1.165) is 12.3 Å². The van der Waals surface area contributed by atoms with Crippen molar-refractivity contribution < 1.29 is 13.6 Å². The first kappa shape index (κ1) is 11.4. The zero-order chi connectivity index (χ0) is 12.0. The Morgan fingerprint density at radius 1 is 1.29 bits per heavy atom. The molecule has 2 bridgehead atoms. The largest absolute Gasteiger partial charge is 0.352 e. The molecule has 3 aliphatic rings. The van der Waals surface area contributed by atoms with Crippen LogP contribution in [0, 0.1) is 11.8 Å². The molecule has 5 heteroatoms. The predicted octanol–water partition coefficient (Wildman–Crippen LogP) is 1.29. The van der Waals surface area contributed by atoms with Crippen molar-refractivity contribution in [3.05, 3.63) is 0 Å². The second-order valence-electron chi connectivity index (χ2n) is 5.78. The van der Waals surface area contributed by atoms with Crippen LogP contribution in [0.2, 0.25) is 0 Å². The number of halogens is 2. The van der Waals surface area contributed by atoms with E-state index in [-0.39, 0.29) is 24.9 Å². The maximum absolute atomic E-state index is 13.0. The molecule has 1 aliphatic heterocycles. The molecule has 2 aliphatic carbocycles. The summed E-state index contributed by atoms with van der Waals surface area (Å²) in [5.41, 5.74) is 0. The topological polar surface area (TPSA) is 41.1 Å². The molecule has 0 aromatic rings. The van der Waals surface area contributed by atoms with Gasteiger partial charge in [0.1, 0.15) is 0 Å². The molecular formula is C12H18F2N2O. The van der Waals surface area contributed by atoms with E-state index in [1.165, 1.54) is 19.3 Å². The van der Waals surface area contributed by atoms with Crippen molar-refractivity contribution in [1.29, 1.82) is 0 Å². The molecule has 1 heterocycles. The number of hydrogen-bond donors (Lipinski definition) is 2. The Balaban J connectivity index is 1.54. The average Bonchev–Trinajstić information content (AvgIpc) is 2.92. The van der Waals surface area contributed by atoms with Crippen molar-refractivity contribution in [2.75, 3.05) is 6.54 Å². The molecule has 0 aromatic heterocycles. The minimum atomic E-state index is -2.73. The van der Waals surface area contributed by atoms with E-state index in [2.05, 4.69) is 10.6 Å². The molecule has 96 valence electrons. The highest BCUT2D eigenvalue weighted by Gasteiger charge is 2.45. The third-order valence-corrected chi connectivity index (χ3v) is 4.49. The van der Waals surface area contributed by atoms with Gasteiger partial charge in [-0.1, -0.05) is 6.42 Å². The number of fused-ring (bicyclic) bond motifs is 2. The molecule has 3 rings (SSSR count). The van der Waals surface area contributed by atoms with Gasteiger partial charge >= 0.3 is 0 Å². The van der Waals surface area contributed by atoms with Crippen LogP contribution in [0.4, 0.5) is 8.78 Å². The van der Waals surface area contributed by atoms with Crippen LogP contribution in [0.15, 0.2) is 0 Å². The number of amides is 1. The second kappa shape index (κ2) is 3.90. The minimum absolute atomic E-state index is 0.234. The van der Waals surface area contributed by atoms with Crippen molar-refractivity contribution >= 4 is 5.91 Å². The fraction of sp³-hybridized carbons (Fsp3) is 0.917. The quantitative estimate of drug-likeness (QED) is 0.768. The molecule has 1 amide bonds. The van der Waals surface area contributed by atoms with E-state index in [4.69, 9.17) is 0 Å². The Bertz CT molecular complexity index is 334. The Morgan fingerprint density at radius 3 is 2.65 bits per heavy atom. The molecule has 0 spiro atoms. The van der Waals surface area contributed by atoms with Crippen LogP contribution in [0.5, 0.6) is 0 Å². The van der Waals surface area contributed by atoms with Gasteiger partial charge in [0.2, 0.25) is 5.91 Å². The monoisotopic (exact) mass is 244 g/mol. The van der Waals surface area contributed by atoms with Crippen molar-refractivity contribution in [3.8, 4) is 0 Å². The highest BCUT2D eigenvalue weighted by Crippen LogP contribution is 2.44. The van der Waals surface area contributed by atoms with Gasteiger partial charge in [-0.2, -0.15) is 0 Å². The predicted molar refractivity (Wildman–Crippen MR) is 58.7 cm³/mol. The van der Waals surface area contributed by atoms with Crippen molar-refractivity contribution in [2.24, 2.45) is 11.8 Å². The summed E-state index contributed by atoms with van der Waals surface area (Å²) in [6, 6.07) is -0.471. The molecule has 17 heavy (non-hydrogen) atoms. The third-order valence-electron chi connectivity index (χ3n) is 4.49. The summed E-state index contributed by atoms with van der Waals surface area (Å²) >= 11 is 0. The average molecular weight is 244 g/mol. The van der Waals surface area contributed by atoms with Crippen LogP contribution in [0.25, 0.3) is 0 Å². The Morgan fingerprint density at radius 2 is 2.12 bits per heavy atom. The second-order valence-corrected chi connectivity index (χ2v) is 5.78. The zero-order valence-corrected chi connectivity index (χ0v) is 9.72. The lowest BCUT2D eigenvalue weighted by atomic mass is 9.95. The molecule has 3 fully saturated rings. The summed E-state index contributed by atoms with van der Waals surface area (Å²) in [4.78, 5) is 11.9. The lowest BCUT2D eigenvalue weighted by molar-refractivity contribution is -0.124. The van der Waals surface area contributed by atoms with Gasteiger partial charge in [-0.3, -0.25) is 10.1 Å². The molecule has 4 atom stereocenters. The number of nitrogens with one attached hydrogen (secondary N) is 2. The van der Waals surface area contributed by atoms with E-state index < -0.39 is 12.0 Å². The highest BCUT2D eigenvalue weighted by atomic mass is 19.3. The van der Waals surface area contributed by atoms with Crippen molar-refractivity contribution in [3.63, 3.8) is 0 Å². The number of rotatable bonds is 2. The number of hydrogen-bond acceptors (Lipinski definition) is 2. The highest BCUT2D eigenvalue weighted by molar-refractivity contribution is 5.82. The molecule has 0 radical (unpaired) electrons. The zero-order valence-electron chi connectivity index (χ0n) is 9.72. The first-order valence-electron chi connectivity index (χ1n) is 6.45. The van der Waals surface area contributed by atoms with Gasteiger partial charge in [-0.05, 0) is 31.1 Å². The van der Waals surface area contributed by atoms with Crippen LogP contribution in [0.1, 0.15) is 32.1 Å². The summed E-state index contributed by atoms with van der Waals surface area (Å²) in [5, 5.41) is 5.56. The summed E-state index contributed by atoms with van der Waals surface area (Å²) in [6.07, 6.45) is 4.35. The molecule has 2 saturated carbocycles. The molecule has 2 N–H and O–H groups in total. The van der Waals surface area contributed by atoms with Crippen LogP contribution in [-0.2, 0) is 4.79 Å². The third kappa shape index (κ3) is 2.17. The van der Waals surface area contributed by atoms with E-state index in [1.54, 1.807) is 0 Å². The smallest absolute Gasteiger partial charge is 0.262 e. The Labute approximate surface area is 99.3 Å². The Kier molecular flexibility index (Phi) is 2.61. The summed E-state index contributed by atoms with van der Waals surface area (Å²) in [6.45, 7) is -0.373. The molecule has 4 unspecified atom stereocenters. The minimum Gasteiger partial charge on any atom is -0.352 e. The van der Waals surface area contributed by atoms with Gasteiger partial charge in [-0.15, -0.1) is 0 Å². The molecule has 1 saturated heterocycles. The number of carbonyl (C=O) groups excluding carboxylic acids is 1. The van der Waals surface area contributed by atoms with Crippen molar-refractivity contribution in [1.82, 2.24) is 10.6 Å². The van der Waals surface area contributed by atoms with Gasteiger partial charge in [0, 0.05) is 12.5 Å². The fourth-order valence-corrected chi connectivity index (χ4v) is 3.61. The van der Waals surface area contributed by atoms with E-state index in [0.29, 0.717) is 5.92 Å². The fourth-order valence-electron chi connectivity index (χ4n) is 3.61. The van der Waals surface area contributed by atoms with Crippen LogP contribution >= 0.6 is 0 Å². The number of alkyl halides is 2. The van der Waals surface area contributed by atoms with Crippen LogP contribution < -0.4 is 10.6 Å². The van der Waals surface area contributed by atoms with Crippen molar-refractivity contribution in [2.45, 2.75) is 50.1 Å². The normalized spacial score (nSPS) is 42.9. The Hall–Kier alpha value is -0.710. The standard InChI is InChI=1S/C12H18F2N2O/c13-12(14)5-10(15-6-12)11(17)16-9-4-7-1-2-8(9)3-7/h7-10,15H,1-6H2,(H,16,17). The maximum atomic E-state index is 13.0. The van der Waals surface area contributed by atoms with Gasteiger partial charge in [0.15, 0.2) is 0 Å². The molecular weight excluding hydrogens is 226 g/mol. The van der Waals surface area contributed by atoms with Gasteiger partial charge in [0.25, 0.3) is 5.92 Å². The lowest BCUT2D eigenvalue weighted by Gasteiger charge is -2.24. The SMILES string of the molecule is O=C(NC1CC2CCC1C2)C1CC(F)(F)CN1. The van der Waals surface area contributed by atoms with E-state index in [9.17, 15) is 13.6 Å².